The molecule has 0 bridgehead atoms. The Hall–Kier alpha value is -1.02. The Morgan fingerprint density at radius 3 is 1.79 bits per heavy atom. The first-order valence-electron chi connectivity index (χ1n) is 17.3. The first-order chi connectivity index (χ1) is 20.9. The summed E-state index contributed by atoms with van der Waals surface area (Å²) in [5.41, 5.74) is 5.29. The Morgan fingerprint density at radius 2 is 1.23 bits per heavy atom. The highest BCUT2D eigenvalue weighted by atomic mass is 31.2. The van der Waals surface area contributed by atoms with Crippen LogP contribution in [0.2, 0.25) is 0 Å². The van der Waals surface area contributed by atoms with Gasteiger partial charge in [-0.25, -0.2) is 4.57 Å². The second-order valence-electron chi connectivity index (χ2n) is 11.4. The molecule has 0 fully saturated rings. The van der Waals surface area contributed by atoms with E-state index in [0.29, 0.717) is 13.0 Å². The number of unbranched alkanes of at least 4 members (excludes halogenated alkanes) is 16. The monoisotopic (exact) mass is 631 g/mol. The maximum atomic E-state index is 12.0. The van der Waals surface area contributed by atoms with E-state index in [1.54, 1.807) is 0 Å². The number of ether oxygens (including phenoxy) is 2. The van der Waals surface area contributed by atoms with Crippen LogP contribution in [0.3, 0.4) is 0 Å². The van der Waals surface area contributed by atoms with Crippen molar-refractivity contribution >= 4 is 13.8 Å². The fraction of sp³-hybridized carbons (Fsp3) is 0.853. The molecule has 0 amide bonds. The van der Waals surface area contributed by atoms with Crippen molar-refractivity contribution in [1.29, 1.82) is 0 Å². The van der Waals surface area contributed by atoms with Gasteiger partial charge in [0.2, 0.25) is 0 Å². The Labute approximate surface area is 264 Å². The largest absolute Gasteiger partial charge is 0.472 e. The van der Waals surface area contributed by atoms with Gasteiger partial charge in [-0.05, 0) is 44.9 Å². The van der Waals surface area contributed by atoms with Gasteiger partial charge in [-0.1, -0.05) is 122 Å². The van der Waals surface area contributed by atoms with Gasteiger partial charge >= 0.3 is 13.8 Å². The first kappa shape index (κ1) is 42.0. The maximum absolute atomic E-state index is 12.0. The first-order valence-corrected chi connectivity index (χ1v) is 18.8. The van der Waals surface area contributed by atoms with E-state index in [1.807, 2.05) is 6.92 Å². The second kappa shape index (κ2) is 32.4. The van der Waals surface area contributed by atoms with Crippen LogP contribution >= 0.6 is 7.82 Å². The number of allylic oxidation sites excluding steroid dienone is 4. The van der Waals surface area contributed by atoms with E-state index < -0.39 is 13.9 Å². The molecule has 9 heteroatoms. The summed E-state index contributed by atoms with van der Waals surface area (Å²) in [6.45, 7) is 4.64. The van der Waals surface area contributed by atoms with Crippen molar-refractivity contribution in [2.75, 3.05) is 33.0 Å². The third-order valence-corrected chi connectivity index (χ3v) is 8.11. The number of carbonyl (C=O) groups is 1. The molecule has 254 valence electrons. The lowest BCUT2D eigenvalue weighted by atomic mass is 10.1. The molecule has 3 N–H and O–H groups in total. The number of phosphoric acid groups is 1. The van der Waals surface area contributed by atoms with Crippen molar-refractivity contribution in [3.8, 4) is 0 Å². The van der Waals surface area contributed by atoms with Crippen molar-refractivity contribution in [3.05, 3.63) is 24.3 Å². The third-order valence-electron chi connectivity index (χ3n) is 7.12. The van der Waals surface area contributed by atoms with Crippen LogP contribution in [0, 0.1) is 0 Å². The van der Waals surface area contributed by atoms with Crippen LogP contribution < -0.4 is 5.73 Å². The molecule has 0 heterocycles. The fourth-order valence-electron chi connectivity index (χ4n) is 4.53. The minimum absolute atomic E-state index is 0.0964. The average Bonchev–Trinajstić information content (AvgIpc) is 2.99. The fourth-order valence-corrected chi connectivity index (χ4v) is 5.30. The summed E-state index contributed by atoms with van der Waals surface area (Å²) in [5.74, 6) is -0.367. The lowest BCUT2D eigenvalue weighted by Gasteiger charge is -2.20. The zero-order chi connectivity index (χ0) is 31.7. The molecule has 0 saturated heterocycles. The van der Waals surface area contributed by atoms with Crippen LogP contribution in [0.25, 0.3) is 0 Å². The molecule has 0 radical (unpaired) electrons. The molecule has 2 unspecified atom stereocenters. The smallest absolute Gasteiger partial charge is 0.457 e. The highest BCUT2D eigenvalue weighted by Crippen LogP contribution is 2.43. The van der Waals surface area contributed by atoms with Crippen molar-refractivity contribution in [2.24, 2.45) is 5.73 Å². The number of phosphoric ester groups is 1. The van der Waals surface area contributed by atoms with Crippen LogP contribution in [0.5, 0.6) is 0 Å². The van der Waals surface area contributed by atoms with Gasteiger partial charge in [-0.3, -0.25) is 13.8 Å². The van der Waals surface area contributed by atoms with E-state index in [9.17, 15) is 14.3 Å². The molecule has 2 atom stereocenters. The van der Waals surface area contributed by atoms with Gasteiger partial charge in [-0.2, -0.15) is 0 Å². The van der Waals surface area contributed by atoms with Crippen LogP contribution in [0.15, 0.2) is 24.3 Å². The predicted octanol–water partition coefficient (Wildman–Crippen LogP) is 9.35. The third kappa shape index (κ3) is 32.2. The summed E-state index contributed by atoms with van der Waals surface area (Å²) < 4.78 is 32.7. The molecule has 0 aromatic rings. The molecule has 8 nitrogen and oxygen atoms in total. The molecule has 0 spiro atoms. The number of nitrogens with two attached hydrogens (primary N) is 1. The molecular formula is C34H66NO7P. The second-order valence-corrected chi connectivity index (χ2v) is 12.8. The van der Waals surface area contributed by atoms with Crippen LogP contribution in [0.1, 0.15) is 149 Å². The van der Waals surface area contributed by atoms with Gasteiger partial charge in [0.1, 0.15) is 6.10 Å². The number of hydrogen-bond donors (Lipinski definition) is 2. The Bertz CT molecular complexity index is 717. The summed E-state index contributed by atoms with van der Waals surface area (Å²) in [4.78, 5) is 21.7. The molecule has 0 aromatic heterocycles. The minimum atomic E-state index is -4.24. The summed E-state index contributed by atoms with van der Waals surface area (Å²) in [6, 6.07) is 0. The van der Waals surface area contributed by atoms with Gasteiger partial charge in [0.05, 0.1) is 19.8 Å². The van der Waals surface area contributed by atoms with Crippen LogP contribution in [0.4, 0.5) is 0 Å². The van der Waals surface area contributed by atoms with Gasteiger partial charge in [-0.15, -0.1) is 0 Å². The van der Waals surface area contributed by atoms with E-state index in [0.717, 1.165) is 32.1 Å². The summed E-state index contributed by atoms with van der Waals surface area (Å²) in [7, 11) is -4.24. The number of carbonyl (C=O) groups excluding carboxylic acids is 1. The predicted molar refractivity (Wildman–Crippen MR) is 178 cm³/mol. The van der Waals surface area contributed by atoms with E-state index in [-0.39, 0.29) is 32.3 Å². The molecule has 0 saturated carbocycles. The molecule has 0 aliphatic carbocycles. The summed E-state index contributed by atoms with van der Waals surface area (Å²) in [6.07, 6.45) is 33.1. The van der Waals surface area contributed by atoms with Gasteiger partial charge in [0.15, 0.2) is 0 Å². The number of rotatable bonds is 33. The topological polar surface area (TPSA) is 117 Å². The molecular weight excluding hydrogens is 565 g/mol. The zero-order valence-corrected chi connectivity index (χ0v) is 28.6. The molecule has 0 aliphatic rings. The van der Waals surface area contributed by atoms with E-state index in [2.05, 4.69) is 31.2 Å². The normalized spacial score (nSPS) is 14.0. The van der Waals surface area contributed by atoms with Crippen molar-refractivity contribution in [3.63, 3.8) is 0 Å². The van der Waals surface area contributed by atoms with Crippen LogP contribution in [-0.2, 0) is 27.9 Å². The van der Waals surface area contributed by atoms with E-state index in [1.165, 1.54) is 96.3 Å². The number of esters is 1. The van der Waals surface area contributed by atoms with Crippen molar-refractivity contribution in [1.82, 2.24) is 0 Å². The Morgan fingerprint density at radius 1 is 0.698 bits per heavy atom. The number of hydrogen-bond acceptors (Lipinski definition) is 7. The molecule has 0 aromatic carbocycles. The SMILES string of the molecule is CCCCCCC/C=C\C/C=C\CCCCCCCCCCCCOCC(COP(=O)(O)OCCN)OC(=O)CCCC. The lowest BCUT2D eigenvalue weighted by Crippen LogP contribution is -2.28. The van der Waals surface area contributed by atoms with E-state index in [4.69, 9.17) is 24.3 Å². The molecule has 0 rings (SSSR count). The Balaban J connectivity index is 3.72. The zero-order valence-electron chi connectivity index (χ0n) is 27.7. The molecule has 43 heavy (non-hydrogen) atoms. The van der Waals surface area contributed by atoms with Crippen molar-refractivity contribution < 1.29 is 32.8 Å². The highest BCUT2D eigenvalue weighted by molar-refractivity contribution is 7.47. The highest BCUT2D eigenvalue weighted by Gasteiger charge is 2.25. The summed E-state index contributed by atoms with van der Waals surface area (Å²) in [5, 5.41) is 0. The lowest BCUT2D eigenvalue weighted by molar-refractivity contribution is -0.154. The van der Waals surface area contributed by atoms with Crippen LogP contribution in [-0.4, -0.2) is 49.9 Å². The van der Waals surface area contributed by atoms with Gasteiger partial charge in [0.25, 0.3) is 0 Å². The molecule has 0 aliphatic heterocycles. The quantitative estimate of drug-likeness (QED) is 0.0318. The Kier molecular flexibility index (Phi) is 31.6. The van der Waals surface area contributed by atoms with E-state index >= 15 is 0 Å². The van der Waals surface area contributed by atoms with Gasteiger partial charge < -0.3 is 20.1 Å². The minimum Gasteiger partial charge on any atom is -0.457 e. The van der Waals surface area contributed by atoms with Gasteiger partial charge in [0, 0.05) is 19.6 Å². The maximum Gasteiger partial charge on any atom is 0.472 e. The van der Waals surface area contributed by atoms with Crippen molar-refractivity contribution in [2.45, 2.75) is 155 Å². The standard InChI is InChI=1S/C34H66NO7P/c1-3-5-7-8-9-10-11-12-13-14-15-16-17-18-19-20-21-22-23-24-25-26-29-39-31-33(42-34(36)27-6-4-2)32-41-43(37,38)40-30-28-35/h11-12,14-15,33H,3-10,13,16-32,35H2,1-2H3,(H,37,38)/b12-11-,15-14-. The average molecular weight is 632 g/mol. The summed E-state index contributed by atoms with van der Waals surface area (Å²) >= 11 is 0.